The largest absolute Gasteiger partial charge is 0.295 e. The minimum Gasteiger partial charge on any atom is -0.282 e. The van der Waals surface area contributed by atoms with E-state index in [0.29, 0.717) is 16.1 Å². The molecule has 0 aliphatic heterocycles. The molecule has 2 rings (SSSR count). The molecule has 2 aromatic carbocycles. The maximum absolute atomic E-state index is 10.9. The molecule has 0 heterocycles. The van der Waals surface area contributed by atoms with Crippen molar-refractivity contribution < 1.29 is 25.9 Å². The third kappa shape index (κ3) is 5.88. The van der Waals surface area contributed by atoms with Gasteiger partial charge < -0.3 is 0 Å². The summed E-state index contributed by atoms with van der Waals surface area (Å²) in [5, 5.41) is 0.428. The Morgan fingerprint density at radius 1 is 0.792 bits per heavy atom. The molecule has 0 radical (unpaired) electrons. The number of benzene rings is 2. The van der Waals surface area contributed by atoms with Crippen LogP contribution in [0.15, 0.2) is 46.2 Å². The van der Waals surface area contributed by atoms with E-state index in [-0.39, 0.29) is 9.79 Å². The molecule has 0 saturated heterocycles. The first-order chi connectivity index (χ1) is 10.8. The van der Waals surface area contributed by atoms with E-state index in [1.807, 2.05) is 6.92 Å². The highest BCUT2D eigenvalue weighted by Gasteiger charge is 2.16. The summed E-state index contributed by atoms with van der Waals surface area (Å²) >= 11 is 5.49. The molecule has 132 valence electrons. The van der Waals surface area contributed by atoms with Crippen molar-refractivity contribution in [3.05, 3.63) is 58.1 Å². The number of hydrogen-bond donors (Lipinski definition) is 2. The zero-order valence-electron chi connectivity index (χ0n) is 13.2. The van der Waals surface area contributed by atoms with Crippen molar-refractivity contribution >= 4 is 31.8 Å². The van der Waals surface area contributed by atoms with Crippen molar-refractivity contribution in [2.45, 2.75) is 30.6 Å². The third-order valence-electron chi connectivity index (χ3n) is 2.97. The molecule has 0 spiro atoms. The van der Waals surface area contributed by atoms with E-state index in [0.717, 1.165) is 5.56 Å². The van der Waals surface area contributed by atoms with Crippen LogP contribution >= 0.6 is 11.6 Å². The number of rotatable bonds is 2. The average Bonchev–Trinajstić information content (AvgIpc) is 2.35. The van der Waals surface area contributed by atoms with Gasteiger partial charge in [-0.1, -0.05) is 29.3 Å². The van der Waals surface area contributed by atoms with Gasteiger partial charge in [0.05, 0.1) is 9.79 Å². The molecule has 2 aromatic rings. The van der Waals surface area contributed by atoms with Crippen LogP contribution in [0.1, 0.15) is 16.7 Å². The van der Waals surface area contributed by atoms with Gasteiger partial charge in [0.15, 0.2) is 0 Å². The van der Waals surface area contributed by atoms with Crippen molar-refractivity contribution in [1.82, 2.24) is 0 Å². The van der Waals surface area contributed by atoms with E-state index in [4.69, 9.17) is 20.7 Å². The lowest BCUT2D eigenvalue weighted by atomic mass is 10.1. The normalized spacial score (nSPS) is 11.6. The standard InChI is InChI=1S/C9H12O3S.C6H5ClO3S/c1-6-4-7(2)9(8(3)5-6)13(10,11)12;7-5-1-3-6(4-2-5)11(8,9)10/h4-5H,1-3H3,(H,10,11,12);1-4H,(H,8,9,10). The van der Waals surface area contributed by atoms with Crippen LogP contribution in [0.4, 0.5) is 0 Å². The molecule has 9 heteroatoms. The molecule has 24 heavy (non-hydrogen) atoms. The molecule has 0 saturated carbocycles. The fourth-order valence-electron chi connectivity index (χ4n) is 2.18. The van der Waals surface area contributed by atoms with Crippen LogP contribution in [0.3, 0.4) is 0 Å². The maximum Gasteiger partial charge on any atom is 0.295 e. The molecule has 2 N–H and O–H groups in total. The van der Waals surface area contributed by atoms with E-state index in [9.17, 15) is 16.8 Å². The summed E-state index contributed by atoms with van der Waals surface area (Å²) in [6.45, 7) is 5.22. The molecule has 6 nitrogen and oxygen atoms in total. The van der Waals surface area contributed by atoms with E-state index in [2.05, 4.69) is 0 Å². The van der Waals surface area contributed by atoms with Gasteiger partial charge >= 0.3 is 0 Å². The molecule has 0 aliphatic rings. The third-order valence-corrected chi connectivity index (χ3v) is 5.25. The van der Waals surface area contributed by atoms with Gasteiger partial charge in [0.2, 0.25) is 0 Å². The van der Waals surface area contributed by atoms with Gasteiger partial charge in [-0.25, -0.2) is 0 Å². The van der Waals surface area contributed by atoms with E-state index >= 15 is 0 Å². The molecule has 0 amide bonds. The monoisotopic (exact) mass is 392 g/mol. The molecule has 0 fully saturated rings. The average molecular weight is 393 g/mol. The fraction of sp³-hybridized carbons (Fsp3) is 0.200. The lowest BCUT2D eigenvalue weighted by Gasteiger charge is -2.07. The second kappa shape index (κ2) is 7.62. The van der Waals surface area contributed by atoms with Gasteiger partial charge in [-0.3, -0.25) is 9.11 Å². The van der Waals surface area contributed by atoms with Crippen molar-refractivity contribution in [1.29, 1.82) is 0 Å². The molecule has 0 aliphatic carbocycles. The van der Waals surface area contributed by atoms with Crippen LogP contribution < -0.4 is 0 Å². The van der Waals surface area contributed by atoms with Crippen LogP contribution in [0.2, 0.25) is 5.02 Å². The Bertz CT molecular complexity index is 909. The van der Waals surface area contributed by atoms with Gasteiger partial charge in [0.25, 0.3) is 20.2 Å². The highest BCUT2D eigenvalue weighted by Crippen LogP contribution is 2.20. The van der Waals surface area contributed by atoms with Gasteiger partial charge in [-0.05, 0) is 56.2 Å². The summed E-state index contributed by atoms with van der Waals surface area (Å²) in [7, 11) is -8.16. The smallest absolute Gasteiger partial charge is 0.282 e. The van der Waals surface area contributed by atoms with Gasteiger partial charge in [-0.2, -0.15) is 16.8 Å². The van der Waals surface area contributed by atoms with E-state index in [1.165, 1.54) is 24.3 Å². The first-order valence-corrected chi connectivity index (χ1v) is 9.86. The second-order valence-corrected chi connectivity index (χ2v) is 8.35. The zero-order chi connectivity index (χ0) is 18.7. The number of aryl methyl sites for hydroxylation is 3. The Hall–Kier alpha value is -1.45. The lowest BCUT2D eigenvalue weighted by Crippen LogP contribution is -2.04. The highest BCUT2D eigenvalue weighted by molar-refractivity contribution is 7.86. The van der Waals surface area contributed by atoms with E-state index < -0.39 is 20.2 Å². The molecule has 0 unspecified atom stereocenters. The Balaban J connectivity index is 0.000000243. The van der Waals surface area contributed by atoms with Crippen LogP contribution in [0, 0.1) is 20.8 Å². The first kappa shape index (κ1) is 20.6. The minimum atomic E-state index is -4.08. The molecule has 0 atom stereocenters. The number of hydrogen-bond acceptors (Lipinski definition) is 4. The molecule has 0 bridgehead atoms. The summed E-state index contributed by atoms with van der Waals surface area (Å²) < 4.78 is 60.2. The SMILES string of the molecule is Cc1cc(C)c(S(=O)(=O)O)c(C)c1.O=S(=O)(O)c1ccc(Cl)cc1. The lowest BCUT2D eigenvalue weighted by molar-refractivity contribution is 0.480. The topological polar surface area (TPSA) is 109 Å². The predicted octanol–water partition coefficient (Wildman–Crippen LogP) is 3.45. The second-order valence-electron chi connectivity index (χ2n) is 5.13. The van der Waals surface area contributed by atoms with Crippen molar-refractivity contribution in [3.63, 3.8) is 0 Å². The number of halogens is 1. The van der Waals surface area contributed by atoms with Gasteiger partial charge in [-0.15, -0.1) is 0 Å². The Morgan fingerprint density at radius 3 is 1.54 bits per heavy atom. The van der Waals surface area contributed by atoms with Crippen LogP contribution in [-0.2, 0) is 20.2 Å². The van der Waals surface area contributed by atoms with Crippen molar-refractivity contribution in [2.24, 2.45) is 0 Å². The summed E-state index contributed by atoms with van der Waals surface area (Å²) in [5.41, 5.74) is 2.16. The predicted molar refractivity (Wildman–Crippen MR) is 91.7 cm³/mol. The first-order valence-electron chi connectivity index (χ1n) is 6.61. The summed E-state index contributed by atoms with van der Waals surface area (Å²) in [6, 6.07) is 8.72. The fourth-order valence-corrected chi connectivity index (χ4v) is 3.72. The van der Waals surface area contributed by atoms with Gasteiger partial charge in [0, 0.05) is 5.02 Å². The molecular weight excluding hydrogens is 376 g/mol. The minimum absolute atomic E-state index is 0.0260. The summed E-state index contributed by atoms with van der Waals surface area (Å²) in [5.74, 6) is 0. The zero-order valence-corrected chi connectivity index (χ0v) is 15.6. The Labute approximate surface area is 146 Å². The Morgan fingerprint density at radius 2 is 1.21 bits per heavy atom. The molecular formula is C15H17ClO6S2. The van der Waals surface area contributed by atoms with Crippen LogP contribution in [-0.4, -0.2) is 25.9 Å². The van der Waals surface area contributed by atoms with Crippen LogP contribution in [0.5, 0.6) is 0 Å². The van der Waals surface area contributed by atoms with Crippen molar-refractivity contribution in [2.75, 3.05) is 0 Å². The Kier molecular flexibility index (Phi) is 6.54. The highest BCUT2D eigenvalue weighted by atomic mass is 35.5. The van der Waals surface area contributed by atoms with E-state index in [1.54, 1.807) is 26.0 Å². The van der Waals surface area contributed by atoms with Gasteiger partial charge in [0.1, 0.15) is 0 Å². The van der Waals surface area contributed by atoms with Crippen LogP contribution in [0.25, 0.3) is 0 Å². The molecule has 0 aromatic heterocycles. The maximum atomic E-state index is 10.9. The summed E-state index contributed by atoms with van der Waals surface area (Å²) in [4.78, 5) is -0.125. The van der Waals surface area contributed by atoms with Crippen molar-refractivity contribution in [3.8, 4) is 0 Å². The quantitative estimate of drug-likeness (QED) is 0.757. The summed E-state index contributed by atoms with van der Waals surface area (Å²) in [6.07, 6.45) is 0.